The van der Waals surface area contributed by atoms with Gasteiger partial charge in [-0.25, -0.2) is 14.8 Å². The fourth-order valence-corrected chi connectivity index (χ4v) is 4.90. The zero-order chi connectivity index (χ0) is 31.8. The summed E-state index contributed by atoms with van der Waals surface area (Å²) in [4.78, 5) is 21.3. The normalized spacial score (nSPS) is 15.8. The van der Waals surface area contributed by atoms with Gasteiger partial charge in [-0.2, -0.15) is 0 Å². The standard InChI is InChI=1S/C38H35N3O4/c1-25(27-14-16-30(17-15-27)28-10-6-4-7-11-28)40-37(32-20-18-31(19-21-32)29-12-8-5-9-13-29)41-36(39)34-23-22-33(24-35(34)42)45-26(2)38(43)44-3/h4-23,26,35,42H,1,24H2,2-3H3,(H2,39,40,41). The molecule has 0 amide bonds. The highest BCUT2D eigenvalue weighted by Gasteiger charge is 2.24. The Balaban J connectivity index is 1.46. The third kappa shape index (κ3) is 7.71. The van der Waals surface area contributed by atoms with Crippen molar-refractivity contribution in [2.45, 2.75) is 25.6 Å². The van der Waals surface area contributed by atoms with Crippen molar-refractivity contribution in [2.24, 2.45) is 15.7 Å². The number of rotatable bonds is 9. The Hall–Kier alpha value is -5.53. The third-order valence-electron chi connectivity index (χ3n) is 7.40. The van der Waals surface area contributed by atoms with E-state index in [1.54, 1.807) is 19.1 Å². The topological polar surface area (TPSA) is 106 Å². The highest BCUT2D eigenvalue weighted by atomic mass is 16.6. The molecule has 45 heavy (non-hydrogen) atoms. The van der Waals surface area contributed by atoms with E-state index in [1.807, 2.05) is 84.9 Å². The molecular weight excluding hydrogens is 562 g/mol. The minimum atomic E-state index is -0.992. The highest BCUT2D eigenvalue weighted by molar-refractivity contribution is 6.12. The molecule has 1 aliphatic carbocycles. The zero-order valence-electron chi connectivity index (χ0n) is 25.3. The average molecular weight is 598 g/mol. The third-order valence-corrected chi connectivity index (χ3v) is 7.40. The van der Waals surface area contributed by atoms with Gasteiger partial charge < -0.3 is 20.3 Å². The maximum Gasteiger partial charge on any atom is 0.346 e. The van der Waals surface area contributed by atoms with Gasteiger partial charge in [-0.05, 0) is 46.9 Å². The van der Waals surface area contributed by atoms with Gasteiger partial charge in [0.15, 0.2) is 11.9 Å². The molecule has 0 spiro atoms. The fraction of sp³-hybridized carbons (Fsp3) is 0.132. The summed E-state index contributed by atoms with van der Waals surface area (Å²) in [6.07, 6.45) is 1.64. The van der Waals surface area contributed by atoms with Crippen molar-refractivity contribution >= 4 is 23.3 Å². The molecule has 2 atom stereocenters. The molecular formula is C38H35N3O4. The van der Waals surface area contributed by atoms with E-state index in [2.05, 4.69) is 30.8 Å². The van der Waals surface area contributed by atoms with Crippen LogP contribution in [0.2, 0.25) is 0 Å². The van der Waals surface area contributed by atoms with Crippen LogP contribution in [-0.4, -0.2) is 42.1 Å². The summed E-state index contributed by atoms with van der Waals surface area (Å²) in [5.74, 6) is 0.393. The molecule has 0 bridgehead atoms. The molecule has 2 unspecified atom stereocenters. The predicted octanol–water partition coefficient (Wildman–Crippen LogP) is 6.95. The van der Waals surface area contributed by atoms with Crippen LogP contribution in [0.3, 0.4) is 0 Å². The van der Waals surface area contributed by atoms with Gasteiger partial charge in [0.25, 0.3) is 0 Å². The van der Waals surface area contributed by atoms with Crippen molar-refractivity contribution in [3.8, 4) is 22.3 Å². The first-order chi connectivity index (χ1) is 21.8. The van der Waals surface area contributed by atoms with Crippen LogP contribution in [0.25, 0.3) is 28.0 Å². The van der Waals surface area contributed by atoms with Crippen molar-refractivity contribution in [1.82, 2.24) is 0 Å². The number of carbonyl (C=O) groups excluding carboxylic acids is 1. The molecule has 226 valence electrons. The molecule has 0 radical (unpaired) electrons. The minimum Gasteiger partial charge on any atom is -0.483 e. The second-order valence-corrected chi connectivity index (χ2v) is 10.5. The minimum absolute atomic E-state index is 0.108. The monoisotopic (exact) mass is 597 g/mol. The number of ether oxygens (including phenoxy) is 2. The molecule has 0 saturated carbocycles. The zero-order valence-corrected chi connectivity index (χ0v) is 25.3. The molecule has 4 aromatic carbocycles. The number of aliphatic imine (C=N–C) groups is 2. The molecule has 5 rings (SSSR count). The van der Waals surface area contributed by atoms with E-state index in [1.165, 1.54) is 7.11 Å². The van der Waals surface area contributed by atoms with E-state index in [0.29, 0.717) is 22.9 Å². The van der Waals surface area contributed by atoms with E-state index < -0.39 is 18.2 Å². The molecule has 7 heteroatoms. The van der Waals surface area contributed by atoms with Crippen LogP contribution in [-0.2, 0) is 14.3 Å². The number of nitrogens with zero attached hydrogens (tertiary/aromatic N) is 2. The van der Waals surface area contributed by atoms with Gasteiger partial charge in [-0.3, -0.25) is 0 Å². The molecule has 3 N–H and O–H groups in total. The largest absolute Gasteiger partial charge is 0.483 e. The summed E-state index contributed by atoms with van der Waals surface area (Å²) in [7, 11) is 1.30. The molecule has 7 nitrogen and oxygen atoms in total. The Morgan fingerprint density at radius 3 is 1.82 bits per heavy atom. The van der Waals surface area contributed by atoms with Gasteiger partial charge in [0.1, 0.15) is 11.6 Å². The predicted molar refractivity (Wildman–Crippen MR) is 180 cm³/mol. The molecule has 1 aliphatic rings. The van der Waals surface area contributed by atoms with Gasteiger partial charge >= 0.3 is 5.97 Å². The quantitative estimate of drug-likeness (QED) is 0.123. The van der Waals surface area contributed by atoms with Gasteiger partial charge in [-0.15, -0.1) is 0 Å². The molecule has 0 saturated heterocycles. The van der Waals surface area contributed by atoms with Crippen molar-refractivity contribution in [3.05, 3.63) is 150 Å². The Morgan fingerprint density at radius 1 is 0.800 bits per heavy atom. The lowest BCUT2D eigenvalue weighted by atomic mass is 9.99. The number of methoxy groups -OCH3 is 1. The van der Waals surface area contributed by atoms with Gasteiger partial charge in [0.05, 0.1) is 18.9 Å². The van der Waals surface area contributed by atoms with Crippen LogP contribution in [0.4, 0.5) is 0 Å². The van der Waals surface area contributed by atoms with Crippen LogP contribution in [0.5, 0.6) is 0 Å². The molecule has 0 fully saturated rings. The number of benzene rings is 4. The van der Waals surface area contributed by atoms with Crippen LogP contribution in [0.1, 0.15) is 24.5 Å². The van der Waals surface area contributed by atoms with Gasteiger partial charge in [-0.1, -0.05) is 116 Å². The molecule has 0 aliphatic heterocycles. The Labute approximate surface area is 263 Å². The lowest BCUT2D eigenvalue weighted by Gasteiger charge is -2.22. The number of esters is 1. The number of aliphatic hydroxyl groups is 1. The number of hydrogen-bond donors (Lipinski definition) is 2. The van der Waals surface area contributed by atoms with Gasteiger partial charge in [0.2, 0.25) is 0 Å². The summed E-state index contributed by atoms with van der Waals surface area (Å²) >= 11 is 0. The maximum atomic E-state index is 11.8. The first-order valence-corrected chi connectivity index (χ1v) is 14.6. The first-order valence-electron chi connectivity index (χ1n) is 14.6. The fourth-order valence-electron chi connectivity index (χ4n) is 4.90. The summed E-state index contributed by atoms with van der Waals surface area (Å²) < 4.78 is 10.4. The number of carbonyl (C=O) groups is 1. The Bertz CT molecular complexity index is 1770. The van der Waals surface area contributed by atoms with Crippen LogP contribution in [0.15, 0.2) is 149 Å². The number of nitrogens with two attached hydrogens (primary N) is 1. The number of hydrogen-bond acceptors (Lipinski definition) is 5. The van der Waals surface area contributed by atoms with E-state index in [4.69, 9.17) is 25.2 Å². The summed E-state index contributed by atoms with van der Waals surface area (Å²) in [6.45, 7) is 5.81. The van der Waals surface area contributed by atoms with Crippen LogP contribution in [0, 0.1) is 0 Å². The van der Waals surface area contributed by atoms with Crippen molar-refractivity contribution in [2.75, 3.05) is 7.11 Å². The maximum absolute atomic E-state index is 11.8. The van der Waals surface area contributed by atoms with E-state index >= 15 is 0 Å². The van der Waals surface area contributed by atoms with Crippen LogP contribution >= 0.6 is 0 Å². The number of allylic oxidation sites excluding steroid dienone is 2. The number of aliphatic hydroxyl groups excluding tert-OH is 1. The molecule has 0 aromatic heterocycles. The summed E-state index contributed by atoms with van der Waals surface area (Å²) in [5.41, 5.74) is 13.3. The lowest BCUT2D eigenvalue weighted by molar-refractivity contribution is -0.150. The van der Waals surface area contributed by atoms with E-state index in [9.17, 15) is 9.90 Å². The van der Waals surface area contributed by atoms with Crippen LogP contribution < -0.4 is 5.73 Å². The average Bonchev–Trinajstić information content (AvgIpc) is 3.08. The lowest BCUT2D eigenvalue weighted by Crippen LogP contribution is -2.29. The van der Waals surface area contributed by atoms with Crippen molar-refractivity contribution in [3.63, 3.8) is 0 Å². The Morgan fingerprint density at radius 2 is 1.31 bits per heavy atom. The smallest absolute Gasteiger partial charge is 0.346 e. The second-order valence-electron chi connectivity index (χ2n) is 10.5. The second kappa shape index (κ2) is 14.3. The Kier molecular flexibility index (Phi) is 9.82. The molecule has 0 heterocycles. The van der Waals surface area contributed by atoms with Crippen molar-refractivity contribution < 1.29 is 19.4 Å². The van der Waals surface area contributed by atoms with Crippen molar-refractivity contribution in [1.29, 1.82) is 0 Å². The molecule has 4 aromatic rings. The van der Waals surface area contributed by atoms with E-state index in [-0.39, 0.29) is 12.3 Å². The van der Waals surface area contributed by atoms with E-state index in [0.717, 1.165) is 33.4 Å². The number of amidine groups is 2. The SMILES string of the molecule is C=C(N=C(N=C(N)C1=CC=C(OC(C)C(=O)OC)CC1O)c1ccc(-c2ccccc2)cc1)c1ccc(-c2ccccc2)cc1. The first kappa shape index (κ1) is 30.9. The van der Waals surface area contributed by atoms with Gasteiger partial charge in [0, 0.05) is 17.6 Å². The summed E-state index contributed by atoms with van der Waals surface area (Å²) in [6, 6.07) is 36.1. The summed E-state index contributed by atoms with van der Waals surface area (Å²) in [5, 5.41) is 10.9. The highest BCUT2D eigenvalue weighted by Crippen LogP contribution is 2.26.